The van der Waals surface area contributed by atoms with E-state index >= 15 is 0 Å². The summed E-state index contributed by atoms with van der Waals surface area (Å²) >= 11 is 0. The highest BCUT2D eigenvalue weighted by Gasteiger charge is 2.19. The lowest BCUT2D eigenvalue weighted by Crippen LogP contribution is -2.30. The molecule has 6 nitrogen and oxygen atoms in total. The first-order valence-electron chi connectivity index (χ1n) is 28.0. The molecule has 0 spiro atoms. The van der Waals surface area contributed by atoms with E-state index in [2.05, 4.69) is 57.2 Å². The van der Waals surface area contributed by atoms with Crippen LogP contribution in [-0.2, 0) is 28.6 Å². The van der Waals surface area contributed by atoms with Crippen molar-refractivity contribution in [1.29, 1.82) is 0 Å². The van der Waals surface area contributed by atoms with Gasteiger partial charge in [-0.3, -0.25) is 14.4 Å². The summed E-state index contributed by atoms with van der Waals surface area (Å²) in [5.41, 5.74) is 0. The van der Waals surface area contributed by atoms with Crippen LogP contribution < -0.4 is 0 Å². The predicted molar refractivity (Wildman–Crippen MR) is 293 cm³/mol. The number of rotatable bonds is 49. The highest BCUT2D eigenvalue weighted by atomic mass is 16.6. The van der Waals surface area contributed by atoms with Gasteiger partial charge in [0.1, 0.15) is 13.2 Å². The molecule has 0 saturated heterocycles. The maximum absolute atomic E-state index is 12.9. The maximum Gasteiger partial charge on any atom is 0.306 e. The van der Waals surface area contributed by atoms with Crippen molar-refractivity contribution in [3.8, 4) is 0 Å². The maximum atomic E-state index is 12.9. The van der Waals surface area contributed by atoms with Crippen molar-refractivity contribution in [2.45, 2.75) is 252 Å². The first kappa shape index (κ1) is 64.1. The van der Waals surface area contributed by atoms with Gasteiger partial charge in [0, 0.05) is 19.3 Å². The van der Waals surface area contributed by atoms with E-state index in [4.69, 9.17) is 14.2 Å². The molecule has 0 aliphatic heterocycles. The van der Waals surface area contributed by atoms with Crippen molar-refractivity contribution in [2.75, 3.05) is 13.2 Å². The summed E-state index contributed by atoms with van der Waals surface area (Å²) in [7, 11) is 0. The van der Waals surface area contributed by atoms with E-state index in [1.807, 2.05) is 72.9 Å². The second-order valence-corrected chi connectivity index (χ2v) is 18.3. The van der Waals surface area contributed by atoms with Crippen LogP contribution in [0.1, 0.15) is 245 Å². The van der Waals surface area contributed by atoms with Gasteiger partial charge in [0.15, 0.2) is 6.10 Å². The van der Waals surface area contributed by atoms with E-state index in [1.54, 1.807) is 0 Å². The molecule has 0 N–H and O–H groups in total. The number of hydrogen-bond acceptors (Lipinski definition) is 6. The van der Waals surface area contributed by atoms with Crippen LogP contribution in [0.4, 0.5) is 0 Å². The third kappa shape index (κ3) is 53.0. The van der Waals surface area contributed by atoms with Crippen LogP contribution >= 0.6 is 0 Å². The highest BCUT2D eigenvalue weighted by molar-refractivity contribution is 5.71. The standard InChI is InChI=1S/C62H102O6/c1-4-7-10-13-16-19-22-25-28-30-31-33-34-37-40-43-46-49-52-55-61(64)67-58-59(57-66-60(63)54-51-48-45-42-39-36-27-24-21-18-15-12-9-6-3)68-62(65)56-53-50-47-44-41-38-35-32-29-26-23-20-17-14-11-8-5-2/h7,9-10,12-13,16,18-19,21-22,25,28,30-31,33-34,37,40,59H,4-6,8,11,14-15,17,20,23-24,26-27,29,32,35-36,38-39,41-58H2,1-3H3/b10-7-,12-9-,16-13-,21-18-,22-19-,28-25-,31-30+,34-33-,40-37-. The zero-order valence-electron chi connectivity index (χ0n) is 44.1. The molecule has 0 aromatic heterocycles. The molecule has 0 radical (unpaired) electrons. The fourth-order valence-corrected chi connectivity index (χ4v) is 7.58. The molecular formula is C62H102O6. The summed E-state index contributed by atoms with van der Waals surface area (Å²) in [5.74, 6) is -0.948. The Morgan fingerprint density at radius 2 is 0.647 bits per heavy atom. The van der Waals surface area contributed by atoms with Crippen molar-refractivity contribution in [1.82, 2.24) is 0 Å². The van der Waals surface area contributed by atoms with E-state index in [1.165, 1.54) is 116 Å². The zero-order valence-corrected chi connectivity index (χ0v) is 44.1. The predicted octanol–water partition coefficient (Wildman–Crippen LogP) is 18.7. The van der Waals surface area contributed by atoms with Crippen molar-refractivity contribution in [3.05, 3.63) is 109 Å². The van der Waals surface area contributed by atoms with Gasteiger partial charge in [-0.15, -0.1) is 0 Å². The van der Waals surface area contributed by atoms with Crippen LogP contribution in [0.15, 0.2) is 109 Å². The Hall–Kier alpha value is -3.93. The molecule has 1 unspecified atom stereocenters. The molecule has 0 rings (SSSR count). The van der Waals surface area contributed by atoms with Crippen molar-refractivity contribution in [3.63, 3.8) is 0 Å². The van der Waals surface area contributed by atoms with Crippen LogP contribution in [-0.4, -0.2) is 37.2 Å². The van der Waals surface area contributed by atoms with Gasteiger partial charge in [-0.25, -0.2) is 0 Å². The van der Waals surface area contributed by atoms with Gasteiger partial charge in [-0.05, 0) is 64.2 Å². The topological polar surface area (TPSA) is 78.9 Å². The van der Waals surface area contributed by atoms with E-state index < -0.39 is 6.10 Å². The second kappa shape index (κ2) is 55.7. The minimum atomic E-state index is -0.801. The molecule has 0 aliphatic carbocycles. The fourth-order valence-electron chi connectivity index (χ4n) is 7.58. The zero-order chi connectivity index (χ0) is 49.3. The monoisotopic (exact) mass is 943 g/mol. The third-order valence-corrected chi connectivity index (χ3v) is 11.7. The Kier molecular flexibility index (Phi) is 52.4. The first-order valence-corrected chi connectivity index (χ1v) is 28.0. The van der Waals surface area contributed by atoms with Gasteiger partial charge in [-0.2, -0.15) is 0 Å². The van der Waals surface area contributed by atoms with Crippen LogP contribution in [0.3, 0.4) is 0 Å². The second-order valence-electron chi connectivity index (χ2n) is 18.3. The molecule has 0 saturated carbocycles. The Morgan fingerprint density at radius 3 is 1.07 bits per heavy atom. The smallest absolute Gasteiger partial charge is 0.306 e. The molecule has 0 heterocycles. The Morgan fingerprint density at radius 1 is 0.324 bits per heavy atom. The summed E-state index contributed by atoms with van der Waals surface area (Å²) in [4.78, 5) is 38.1. The molecular weight excluding hydrogens is 841 g/mol. The molecule has 0 aliphatic rings. The Balaban J connectivity index is 4.49. The molecule has 0 fully saturated rings. The number of allylic oxidation sites excluding steroid dienone is 18. The van der Waals surface area contributed by atoms with Crippen molar-refractivity contribution >= 4 is 17.9 Å². The van der Waals surface area contributed by atoms with E-state index in [0.717, 1.165) is 89.9 Å². The number of unbranched alkanes of at least 4 members (excludes halogenated alkanes) is 26. The van der Waals surface area contributed by atoms with Gasteiger partial charge in [-0.1, -0.05) is 271 Å². The van der Waals surface area contributed by atoms with Crippen molar-refractivity contribution in [2.24, 2.45) is 0 Å². The quantitative estimate of drug-likeness (QED) is 0.0199. The van der Waals surface area contributed by atoms with E-state index in [0.29, 0.717) is 19.3 Å². The fraction of sp³-hybridized carbons (Fsp3) is 0.661. The number of ether oxygens (including phenoxy) is 3. The lowest BCUT2D eigenvalue weighted by molar-refractivity contribution is -0.167. The number of carbonyl (C=O) groups excluding carboxylic acids is 3. The number of hydrogen-bond donors (Lipinski definition) is 0. The van der Waals surface area contributed by atoms with Crippen LogP contribution in [0.25, 0.3) is 0 Å². The van der Waals surface area contributed by atoms with Gasteiger partial charge in [0.2, 0.25) is 0 Å². The average Bonchev–Trinajstić information content (AvgIpc) is 3.34. The van der Waals surface area contributed by atoms with Crippen LogP contribution in [0.5, 0.6) is 0 Å². The van der Waals surface area contributed by atoms with Crippen molar-refractivity contribution < 1.29 is 28.6 Å². The normalized spacial score (nSPS) is 12.9. The molecule has 6 heteroatoms. The molecule has 1 atom stereocenters. The lowest BCUT2D eigenvalue weighted by atomic mass is 10.0. The lowest BCUT2D eigenvalue weighted by Gasteiger charge is -2.18. The number of carbonyl (C=O) groups is 3. The van der Waals surface area contributed by atoms with E-state index in [9.17, 15) is 14.4 Å². The summed E-state index contributed by atoms with van der Waals surface area (Å²) in [6, 6.07) is 0. The van der Waals surface area contributed by atoms with E-state index in [-0.39, 0.29) is 31.1 Å². The average molecular weight is 943 g/mol. The molecule has 0 bridgehead atoms. The molecule has 386 valence electrons. The molecule has 0 amide bonds. The highest BCUT2D eigenvalue weighted by Crippen LogP contribution is 2.16. The minimum absolute atomic E-state index is 0.0971. The largest absolute Gasteiger partial charge is 0.462 e. The number of esters is 3. The van der Waals surface area contributed by atoms with Crippen LogP contribution in [0.2, 0.25) is 0 Å². The van der Waals surface area contributed by atoms with Gasteiger partial charge in [0.05, 0.1) is 0 Å². The molecule has 68 heavy (non-hydrogen) atoms. The summed E-state index contributed by atoms with van der Waals surface area (Å²) < 4.78 is 16.8. The SMILES string of the molecule is CC\C=C/C=C\C=C/C=C\C=C\C=C/C=C\CCCCCC(=O)OCC(COC(=O)CCCCCCCCC/C=C\C/C=C\CC)OC(=O)CCCCCCCCCCCCCCCCCCC. The molecule has 0 aromatic rings. The summed E-state index contributed by atoms with van der Waals surface area (Å²) in [6.45, 7) is 6.35. The Bertz CT molecular complexity index is 1410. The van der Waals surface area contributed by atoms with Gasteiger partial charge in [0.25, 0.3) is 0 Å². The minimum Gasteiger partial charge on any atom is -0.462 e. The summed E-state index contributed by atoms with van der Waals surface area (Å²) in [5, 5.41) is 0. The Labute approximate surface area is 419 Å². The first-order chi connectivity index (χ1) is 33.5. The van der Waals surface area contributed by atoms with Gasteiger partial charge < -0.3 is 14.2 Å². The third-order valence-electron chi connectivity index (χ3n) is 11.7. The summed E-state index contributed by atoms with van der Waals surface area (Å²) in [6.07, 6.45) is 75.0. The molecule has 0 aromatic carbocycles. The van der Waals surface area contributed by atoms with Gasteiger partial charge >= 0.3 is 17.9 Å². The van der Waals surface area contributed by atoms with Crippen LogP contribution in [0, 0.1) is 0 Å².